The average Bonchev–Trinajstić information content (AvgIpc) is 2.47. The van der Waals surface area contributed by atoms with E-state index >= 15 is 0 Å². The average molecular weight is 328 g/mol. The first kappa shape index (κ1) is 24.8. The third-order valence-corrected chi connectivity index (χ3v) is 7.44. The fourth-order valence-electron chi connectivity index (χ4n) is 0.678. The van der Waals surface area contributed by atoms with E-state index in [4.69, 9.17) is 0 Å². The summed E-state index contributed by atoms with van der Waals surface area (Å²) < 4.78 is 31.7. The number of Topliss-reactive ketones (excluding diaryl/α,β-unsaturated/α-hetero) is 1. The maximum absolute atomic E-state index is 11.0. The lowest BCUT2D eigenvalue weighted by molar-refractivity contribution is -0.118. The Kier molecular flexibility index (Phi) is 17.2. The highest BCUT2D eigenvalue weighted by Gasteiger charge is 2.05. The van der Waals surface area contributed by atoms with Gasteiger partial charge in [-0.05, 0) is 19.0 Å². The molecule has 0 rings (SSSR count). The first-order valence-corrected chi connectivity index (χ1v) is 11.7. The normalized spacial score (nSPS) is 10.8. The zero-order valence-electron chi connectivity index (χ0n) is 14.2. The van der Waals surface area contributed by atoms with Gasteiger partial charge in [0.2, 0.25) is 0 Å². The topological polar surface area (TPSA) is 68.3 Å². The molecule has 0 aliphatic carbocycles. The molecule has 4 nitrogen and oxygen atoms in total. The second-order valence-electron chi connectivity index (χ2n) is 4.50. The van der Waals surface area contributed by atoms with Crippen LogP contribution in [0.15, 0.2) is 0 Å². The maximum Gasteiger partial charge on any atom is 0.149 e. The Morgan fingerprint density at radius 3 is 1.15 bits per heavy atom. The van der Waals surface area contributed by atoms with Gasteiger partial charge in [0.25, 0.3) is 0 Å². The monoisotopic (exact) mass is 328 g/mol. The van der Waals surface area contributed by atoms with Gasteiger partial charge in [-0.25, -0.2) is 8.42 Å². The highest BCUT2D eigenvalue weighted by Crippen LogP contribution is 2.38. The van der Waals surface area contributed by atoms with Crippen LogP contribution in [-0.2, 0) is 19.2 Å². The van der Waals surface area contributed by atoms with Crippen molar-refractivity contribution in [3.8, 4) is 0 Å². The minimum atomic E-state index is -2.66. The molecule has 124 valence electrons. The van der Waals surface area contributed by atoms with E-state index in [0.29, 0.717) is 18.6 Å². The molecule has 0 spiro atoms. The Morgan fingerprint density at radius 2 is 1.15 bits per heavy atom. The van der Waals surface area contributed by atoms with Gasteiger partial charge in [0.15, 0.2) is 0 Å². The molecule has 0 aromatic rings. The van der Waals surface area contributed by atoms with Gasteiger partial charge in [-0.15, -0.1) is 0 Å². The summed E-state index contributed by atoms with van der Waals surface area (Å²) in [5.74, 6) is 0.877. The molecule has 0 saturated carbocycles. The summed E-state index contributed by atoms with van der Waals surface area (Å²) in [6.45, 7) is 12.9. The Labute approximate surface area is 126 Å². The third kappa shape index (κ3) is 20.2. The molecule has 0 saturated heterocycles. The molecule has 0 aromatic heterocycles. The van der Waals surface area contributed by atoms with Crippen molar-refractivity contribution in [2.24, 2.45) is 0 Å². The molecule has 0 unspecified atom stereocenters. The van der Waals surface area contributed by atoms with Crippen LogP contribution in [0.5, 0.6) is 0 Å². The summed E-state index contributed by atoms with van der Waals surface area (Å²) in [7, 11) is -4.31. The first-order chi connectivity index (χ1) is 9.05. The Balaban J connectivity index is -0.000000218. The van der Waals surface area contributed by atoms with E-state index in [9.17, 15) is 17.8 Å². The van der Waals surface area contributed by atoms with Crippen molar-refractivity contribution in [1.29, 1.82) is 0 Å². The van der Waals surface area contributed by atoms with Crippen LogP contribution in [0.2, 0.25) is 0 Å². The highest BCUT2D eigenvalue weighted by molar-refractivity contribution is 7.91. The quantitative estimate of drug-likeness (QED) is 0.695. The van der Waals surface area contributed by atoms with E-state index < -0.39 is 17.0 Å². The minimum Gasteiger partial charge on any atom is -0.324 e. The summed E-state index contributed by atoms with van der Waals surface area (Å²) in [4.78, 5) is 10.2. The molecule has 0 heterocycles. The molecule has 0 bridgehead atoms. The van der Waals surface area contributed by atoms with Crippen molar-refractivity contribution in [1.82, 2.24) is 0 Å². The maximum atomic E-state index is 11.0. The van der Waals surface area contributed by atoms with Crippen LogP contribution < -0.4 is 0 Å². The summed E-state index contributed by atoms with van der Waals surface area (Å²) in [6.07, 6.45) is 3.08. The fourth-order valence-corrected chi connectivity index (χ4v) is 1.53. The van der Waals surface area contributed by atoms with Crippen LogP contribution in [0.3, 0.4) is 0 Å². The molecular weight excluding hydrogens is 295 g/mol. The van der Waals surface area contributed by atoms with Crippen molar-refractivity contribution in [2.75, 3.05) is 30.5 Å². The van der Waals surface area contributed by atoms with Gasteiger partial charge in [-0.2, -0.15) is 0 Å². The van der Waals surface area contributed by atoms with Crippen molar-refractivity contribution in [2.45, 2.75) is 54.4 Å². The molecule has 0 radical (unpaired) electrons. The molecule has 0 aliphatic rings. The van der Waals surface area contributed by atoms with E-state index in [1.54, 1.807) is 13.8 Å². The number of hydrogen-bond donors (Lipinski definition) is 0. The third-order valence-electron chi connectivity index (χ3n) is 3.01. The van der Waals surface area contributed by atoms with Gasteiger partial charge in [-0.1, -0.05) is 41.5 Å². The van der Waals surface area contributed by atoms with Gasteiger partial charge in [-0.3, -0.25) is 4.79 Å². The van der Waals surface area contributed by atoms with E-state index in [-0.39, 0.29) is 11.5 Å². The zero-order valence-corrected chi connectivity index (χ0v) is 15.9. The molecule has 0 aliphatic heterocycles. The standard InChI is InChI=1S/C5H13OP.C5H10O.C4H10O2S/c1-4-7(3,6)5-2;1-3-5(6)4-2;1-3-7(5,6)4-2/h4-5H2,1-3H3;3-4H2,1-2H3;3-4H2,1-2H3. The number of carbonyl (C=O) groups excluding carboxylic acids is 1. The number of ketones is 1. The lowest BCUT2D eigenvalue weighted by atomic mass is 10.3. The molecule has 0 amide bonds. The second-order valence-corrected chi connectivity index (χ2v) is 11.0. The lowest BCUT2D eigenvalue weighted by Crippen LogP contribution is -2.04. The minimum absolute atomic E-state index is 0.267. The molecule has 0 atom stereocenters. The second kappa shape index (κ2) is 13.8. The predicted octanol–water partition coefficient (Wildman–Crippen LogP) is 3.84. The SMILES string of the molecule is CCC(=O)CC.CCP(C)(=O)CC.CCS(=O)(=O)CC. The Hall–Kier alpha value is -0.150. The molecule has 6 heteroatoms. The Morgan fingerprint density at radius 1 is 0.850 bits per heavy atom. The van der Waals surface area contributed by atoms with Crippen LogP contribution in [0.4, 0.5) is 0 Å². The number of carbonyl (C=O) groups is 1. The van der Waals surface area contributed by atoms with Gasteiger partial charge in [0.1, 0.15) is 15.6 Å². The first-order valence-electron chi connectivity index (χ1n) is 7.33. The molecule has 0 fully saturated rings. The van der Waals surface area contributed by atoms with E-state index in [0.717, 1.165) is 12.3 Å². The van der Waals surface area contributed by atoms with Gasteiger partial charge < -0.3 is 4.57 Å². The highest BCUT2D eigenvalue weighted by atomic mass is 32.2. The predicted molar refractivity (Wildman–Crippen MR) is 90.2 cm³/mol. The zero-order chi connectivity index (χ0) is 16.8. The summed E-state index contributed by atoms with van der Waals surface area (Å²) in [5.41, 5.74) is 0. The summed E-state index contributed by atoms with van der Waals surface area (Å²) >= 11 is 0. The van der Waals surface area contributed by atoms with Gasteiger partial charge in [0.05, 0.1) is 7.14 Å². The molecule has 20 heavy (non-hydrogen) atoms. The summed E-state index contributed by atoms with van der Waals surface area (Å²) in [6, 6.07) is 0. The van der Waals surface area contributed by atoms with Crippen molar-refractivity contribution >= 4 is 22.8 Å². The summed E-state index contributed by atoms with van der Waals surface area (Å²) in [5, 5.41) is 0. The van der Waals surface area contributed by atoms with Crippen molar-refractivity contribution in [3.63, 3.8) is 0 Å². The van der Waals surface area contributed by atoms with Crippen LogP contribution in [0.1, 0.15) is 54.4 Å². The number of sulfone groups is 1. The van der Waals surface area contributed by atoms with Gasteiger partial charge >= 0.3 is 0 Å². The van der Waals surface area contributed by atoms with E-state index in [1.165, 1.54) is 0 Å². The number of hydrogen-bond acceptors (Lipinski definition) is 4. The molecular formula is C14H33O4PS. The lowest BCUT2D eigenvalue weighted by Gasteiger charge is -2.02. The van der Waals surface area contributed by atoms with Gasteiger partial charge in [0, 0.05) is 24.3 Å². The van der Waals surface area contributed by atoms with Crippen LogP contribution in [0, 0.1) is 0 Å². The van der Waals surface area contributed by atoms with Crippen LogP contribution in [0.25, 0.3) is 0 Å². The van der Waals surface area contributed by atoms with E-state index in [1.807, 2.05) is 34.4 Å². The van der Waals surface area contributed by atoms with Crippen LogP contribution in [-0.4, -0.2) is 44.7 Å². The van der Waals surface area contributed by atoms with Crippen LogP contribution >= 0.6 is 7.14 Å². The van der Waals surface area contributed by atoms with Crippen molar-refractivity contribution in [3.05, 3.63) is 0 Å². The number of rotatable bonds is 6. The van der Waals surface area contributed by atoms with Crippen molar-refractivity contribution < 1.29 is 17.8 Å². The molecule has 0 N–H and O–H groups in total. The Bertz CT molecular complexity index is 351. The van der Waals surface area contributed by atoms with E-state index in [2.05, 4.69) is 0 Å². The fraction of sp³-hybridized carbons (Fsp3) is 0.929. The smallest absolute Gasteiger partial charge is 0.149 e. The molecule has 0 aromatic carbocycles. The largest absolute Gasteiger partial charge is 0.324 e.